The molecule has 1 atom stereocenters. The van der Waals surface area contributed by atoms with Gasteiger partial charge in [-0.15, -0.1) is 0 Å². The minimum atomic E-state index is -0.296. The second-order valence-electron chi connectivity index (χ2n) is 4.05. The van der Waals surface area contributed by atoms with E-state index in [0.29, 0.717) is 11.5 Å². The topological polar surface area (TPSA) is 67.5 Å². The minimum absolute atomic E-state index is 0.0140. The van der Waals surface area contributed by atoms with Crippen LogP contribution in [0.1, 0.15) is 25.5 Å². The highest BCUT2D eigenvalue weighted by molar-refractivity contribution is 5.98. The van der Waals surface area contributed by atoms with E-state index in [2.05, 4.69) is 10.3 Å². The van der Waals surface area contributed by atoms with Gasteiger partial charge in [-0.05, 0) is 19.4 Å². The molecule has 1 aromatic rings. The van der Waals surface area contributed by atoms with Gasteiger partial charge in [-0.2, -0.15) is 0 Å². The first-order valence-electron chi connectivity index (χ1n) is 5.46. The molecule has 2 rings (SSSR count). The molecule has 1 unspecified atom stereocenters. The van der Waals surface area contributed by atoms with Crippen LogP contribution in [0.2, 0.25) is 0 Å². The van der Waals surface area contributed by atoms with Gasteiger partial charge in [-0.3, -0.25) is 4.79 Å². The van der Waals surface area contributed by atoms with Crippen LogP contribution in [0.3, 0.4) is 0 Å². The normalized spacial score (nSPS) is 19.6. The lowest BCUT2D eigenvalue weighted by Gasteiger charge is -2.24. The number of nitrogens with zero attached hydrogens (tertiary/aromatic N) is 1. The summed E-state index contributed by atoms with van der Waals surface area (Å²) >= 11 is 0. The van der Waals surface area contributed by atoms with Crippen LogP contribution in [-0.2, 0) is 4.79 Å². The molecule has 0 bridgehead atoms. The van der Waals surface area contributed by atoms with Gasteiger partial charge in [0.2, 0.25) is 0 Å². The van der Waals surface area contributed by atoms with E-state index in [4.69, 9.17) is 5.73 Å². The van der Waals surface area contributed by atoms with E-state index in [1.165, 1.54) is 0 Å². The standard InChI is InChI=1S/C13H15N3O/c1-8-11(9(2)17)12(16-13(14)15-8)10-6-4-3-5-7-10/h3-7,12H,1-2H3,(H3,14,15,16). The summed E-state index contributed by atoms with van der Waals surface area (Å²) in [5.74, 6) is 0.362. The molecule has 0 radical (unpaired) electrons. The third-order valence-corrected chi connectivity index (χ3v) is 2.76. The van der Waals surface area contributed by atoms with Gasteiger partial charge in [0.05, 0.1) is 0 Å². The van der Waals surface area contributed by atoms with E-state index in [9.17, 15) is 4.79 Å². The van der Waals surface area contributed by atoms with Crippen molar-refractivity contribution in [1.82, 2.24) is 5.32 Å². The highest BCUT2D eigenvalue weighted by Crippen LogP contribution is 2.30. The molecule has 0 amide bonds. The van der Waals surface area contributed by atoms with Crippen molar-refractivity contribution in [3.05, 3.63) is 47.2 Å². The number of carbonyl (C=O) groups excluding carboxylic acids is 1. The zero-order valence-corrected chi connectivity index (χ0v) is 9.90. The number of hydrogen-bond acceptors (Lipinski definition) is 4. The molecule has 0 fully saturated rings. The second-order valence-corrected chi connectivity index (χ2v) is 4.05. The summed E-state index contributed by atoms with van der Waals surface area (Å²) in [6.45, 7) is 3.39. The summed E-state index contributed by atoms with van der Waals surface area (Å²) < 4.78 is 0. The Balaban J connectivity index is 2.49. The number of ketones is 1. The number of nitrogens with one attached hydrogen (secondary N) is 1. The number of aliphatic imine (C=N–C) groups is 1. The predicted molar refractivity (Wildman–Crippen MR) is 67.3 cm³/mol. The molecule has 1 aliphatic rings. The first-order chi connectivity index (χ1) is 8.09. The first kappa shape index (κ1) is 11.4. The fraction of sp³-hybridized carbons (Fsp3) is 0.231. The van der Waals surface area contributed by atoms with Gasteiger partial charge in [0.1, 0.15) is 6.04 Å². The molecule has 3 N–H and O–H groups in total. The van der Waals surface area contributed by atoms with Crippen LogP contribution < -0.4 is 11.1 Å². The molecule has 4 nitrogen and oxygen atoms in total. The molecule has 4 heteroatoms. The van der Waals surface area contributed by atoms with Crippen LogP contribution in [0.25, 0.3) is 0 Å². The zero-order valence-electron chi connectivity index (χ0n) is 9.90. The SMILES string of the molecule is CC(=O)C1=C(C)NC(N)=NC1c1ccccc1. The van der Waals surface area contributed by atoms with Gasteiger partial charge in [-0.1, -0.05) is 30.3 Å². The highest BCUT2D eigenvalue weighted by atomic mass is 16.1. The quantitative estimate of drug-likeness (QED) is 0.807. The van der Waals surface area contributed by atoms with Gasteiger partial charge >= 0.3 is 0 Å². The smallest absolute Gasteiger partial charge is 0.193 e. The summed E-state index contributed by atoms with van der Waals surface area (Å²) in [6, 6.07) is 9.38. The number of Topliss-reactive ketones (excluding diaryl/α,β-unsaturated/α-hetero) is 1. The number of guanidine groups is 1. The lowest BCUT2D eigenvalue weighted by molar-refractivity contribution is -0.113. The van der Waals surface area contributed by atoms with E-state index in [1.807, 2.05) is 37.3 Å². The maximum absolute atomic E-state index is 11.7. The molecule has 1 aromatic carbocycles. The van der Waals surface area contributed by atoms with Gasteiger partial charge < -0.3 is 11.1 Å². The largest absolute Gasteiger partial charge is 0.370 e. The Morgan fingerprint density at radius 1 is 1.35 bits per heavy atom. The average molecular weight is 229 g/mol. The van der Waals surface area contributed by atoms with Crippen molar-refractivity contribution in [2.45, 2.75) is 19.9 Å². The van der Waals surface area contributed by atoms with Crippen LogP contribution in [0.4, 0.5) is 0 Å². The Morgan fingerprint density at radius 3 is 2.59 bits per heavy atom. The maximum atomic E-state index is 11.7. The van der Waals surface area contributed by atoms with Crippen molar-refractivity contribution in [2.24, 2.45) is 10.7 Å². The molecule has 17 heavy (non-hydrogen) atoms. The predicted octanol–water partition coefficient (Wildman–Crippen LogP) is 1.51. The van der Waals surface area contributed by atoms with Crippen molar-refractivity contribution in [1.29, 1.82) is 0 Å². The third-order valence-electron chi connectivity index (χ3n) is 2.76. The summed E-state index contributed by atoms with van der Waals surface area (Å²) in [5.41, 5.74) is 8.13. The fourth-order valence-corrected chi connectivity index (χ4v) is 2.03. The maximum Gasteiger partial charge on any atom is 0.193 e. The Kier molecular flexibility index (Phi) is 2.95. The van der Waals surface area contributed by atoms with Crippen molar-refractivity contribution >= 4 is 11.7 Å². The minimum Gasteiger partial charge on any atom is -0.370 e. The van der Waals surface area contributed by atoms with E-state index < -0.39 is 0 Å². The van der Waals surface area contributed by atoms with Gasteiger partial charge in [-0.25, -0.2) is 4.99 Å². The van der Waals surface area contributed by atoms with Crippen LogP contribution in [0, 0.1) is 0 Å². The fourth-order valence-electron chi connectivity index (χ4n) is 2.03. The number of rotatable bonds is 2. The van der Waals surface area contributed by atoms with E-state index in [-0.39, 0.29) is 11.8 Å². The summed E-state index contributed by atoms with van der Waals surface area (Å²) in [4.78, 5) is 16.0. The molecule has 1 aliphatic heterocycles. The summed E-state index contributed by atoms with van der Waals surface area (Å²) in [5, 5.41) is 2.90. The molecule has 1 heterocycles. The van der Waals surface area contributed by atoms with Gasteiger partial charge in [0.25, 0.3) is 0 Å². The first-order valence-corrected chi connectivity index (χ1v) is 5.46. The van der Waals surface area contributed by atoms with Crippen LogP contribution in [0.5, 0.6) is 0 Å². The van der Waals surface area contributed by atoms with Crippen molar-refractivity contribution in [3.8, 4) is 0 Å². The molecule has 88 valence electrons. The summed E-state index contributed by atoms with van der Waals surface area (Å²) in [6.07, 6.45) is 0. The number of benzene rings is 1. The van der Waals surface area contributed by atoms with E-state index in [0.717, 1.165) is 11.3 Å². The molecule has 0 spiro atoms. The Morgan fingerprint density at radius 2 is 2.00 bits per heavy atom. The lowest BCUT2D eigenvalue weighted by atomic mass is 9.94. The lowest BCUT2D eigenvalue weighted by Crippen LogP contribution is -2.36. The van der Waals surface area contributed by atoms with E-state index in [1.54, 1.807) is 6.92 Å². The average Bonchev–Trinajstić information content (AvgIpc) is 2.28. The molecule has 0 aromatic heterocycles. The number of nitrogens with two attached hydrogens (primary N) is 1. The molecular weight excluding hydrogens is 214 g/mol. The molecule has 0 saturated carbocycles. The summed E-state index contributed by atoms with van der Waals surface area (Å²) in [7, 11) is 0. The van der Waals surface area contributed by atoms with Crippen molar-refractivity contribution < 1.29 is 4.79 Å². The number of allylic oxidation sites excluding steroid dienone is 1. The van der Waals surface area contributed by atoms with Crippen LogP contribution in [-0.4, -0.2) is 11.7 Å². The second kappa shape index (κ2) is 4.41. The number of hydrogen-bond donors (Lipinski definition) is 2. The monoisotopic (exact) mass is 229 g/mol. The Labute approximate surface area is 100 Å². The van der Waals surface area contributed by atoms with Crippen LogP contribution in [0.15, 0.2) is 46.6 Å². The molecule has 0 saturated heterocycles. The third kappa shape index (κ3) is 2.20. The molecular formula is C13H15N3O. The zero-order chi connectivity index (χ0) is 12.4. The van der Waals surface area contributed by atoms with Crippen LogP contribution >= 0.6 is 0 Å². The Bertz CT molecular complexity index is 503. The van der Waals surface area contributed by atoms with E-state index >= 15 is 0 Å². The van der Waals surface area contributed by atoms with Gasteiger partial charge in [0, 0.05) is 11.3 Å². The van der Waals surface area contributed by atoms with Crippen molar-refractivity contribution in [3.63, 3.8) is 0 Å². The highest BCUT2D eigenvalue weighted by Gasteiger charge is 2.25. The Hall–Kier alpha value is -2.10. The van der Waals surface area contributed by atoms with Crippen molar-refractivity contribution in [2.75, 3.05) is 0 Å². The van der Waals surface area contributed by atoms with Gasteiger partial charge in [0.15, 0.2) is 11.7 Å². The number of carbonyl (C=O) groups is 1. The molecule has 0 aliphatic carbocycles.